The molecule has 0 bridgehead atoms. The maximum Gasteiger partial charge on any atom is 0.133 e. The topological polar surface area (TPSA) is 44.0 Å². The van der Waals surface area contributed by atoms with E-state index >= 15 is 0 Å². The smallest absolute Gasteiger partial charge is 0.133 e. The average molecular weight is 221 g/mol. The van der Waals surface area contributed by atoms with Gasteiger partial charge in [0.15, 0.2) is 0 Å². The van der Waals surface area contributed by atoms with E-state index in [1.807, 2.05) is 18.2 Å². The molecule has 1 aromatic rings. The Kier molecular flexibility index (Phi) is 5.06. The van der Waals surface area contributed by atoms with E-state index in [0.717, 1.165) is 24.2 Å². The van der Waals surface area contributed by atoms with Crippen LogP contribution in [0.2, 0.25) is 0 Å². The standard InChI is InChI=1S/C12H15NOS/c1-2-10(6-7-15-9-13)11-4-3-5-12(14)8-11/h3-5,8,10,14H,2,6-7H2,1H3. The number of nitriles is 1. The Morgan fingerprint density at radius 2 is 2.33 bits per heavy atom. The van der Waals surface area contributed by atoms with Crippen LogP contribution in [0.15, 0.2) is 24.3 Å². The molecule has 0 fully saturated rings. The van der Waals surface area contributed by atoms with Crippen molar-refractivity contribution in [2.75, 3.05) is 5.75 Å². The van der Waals surface area contributed by atoms with Gasteiger partial charge in [-0.15, -0.1) is 0 Å². The molecule has 0 radical (unpaired) electrons. The molecule has 2 nitrogen and oxygen atoms in total. The van der Waals surface area contributed by atoms with E-state index in [1.54, 1.807) is 6.07 Å². The minimum atomic E-state index is 0.318. The summed E-state index contributed by atoms with van der Waals surface area (Å²) in [5.74, 6) is 1.61. The van der Waals surface area contributed by atoms with Gasteiger partial charge in [-0.1, -0.05) is 19.1 Å². The van der Waals surface area contributed by atoms with Crippen molar-refractivity contribution < 1.29 is 5.11 Å². The summed E-state index contributed by atoms with van der Waals surface area (Å²) in [6.07, 6.45) is 2.02. The van der Waals surface area contributed by atoms with E-state index in [2.05, 4.69) is 12.3 Å². The second kappa shape index (κ2) is 6.36. The third-order valence-corrected chi connectivity index (χ3v) is 3.04. The van der Waals surface area contributed by atoms with Gasteiger partial charge in [0.05, 0.1) is 0 Å². The van der Waals surface area contributed by atoms with Crippen molar-refractivity contribution >= 4 is 11.8 Å². The van der Waals surface area contributed by atoms with Gasteiger partial charge in [-0.3, -0.25) is 0 Å². The van der Waals surface area contributed by atoms with Gasteiger partial charge in [-0.05, 0) is 48.2 Å². The predicted octanol–water partition coefficient (Wildman–Crippen LogP) is 3.49. The Morgan fingerprint density at radius 1 is 1.53 bits per heavy atom. The first-order chi connectivity index (χ1) is 7.27. The lowest BCUT2D eigenvalue weighted by Gasteiger charge is -2.14. The molecule has 0 spiro atoms. The van der Waals surface area contributed by atoms with Crippen LogP contribution >= 0.6 is 11.8 Å². The number of hydrogen-bond donors (Lipinski definition) is 1. The molecule has 0 amide bonds. The quantitative estimate of drug-likeness (QED) is 0.611. The van der Waals surface area contributed by atoms with Crippen molar-refractivity contribution in [3.8, 4) is 11.2 Å². The van der Waals surface area contributed by atoms with Crippen molar-refractivity contribution in [3.05, 3.63) is 29.8 Å². The maximum atomic E-state index is 9.37. The van der Waals surface area contributed by atoms with Crippen molar-refractivity contribution in [2.45, 2.75) is 25.7 Å². The fourth-order valence-electron chi connectivity index (χ4n) is 1.63. The normalized spacial score (nSPS) is 12.0. The lowest BCUT2D eigenvalue weighted by Crippen LogP contribution is -1.98. The molecule has 1 rings (SSSR count). The number of benzene rings is 1. The molecule has 1 N–H and O–H groups in total. The highest BCUT2D eigenvalue weighted by molar-refractivity contribution is 8.03. The highest BCUT2D eigenvalue weighted by Crippen LogP contribution is 2.27. The van der Waals surface area contributed by atoms with E-state index < -0.39 is 0 Å². The largest absolute Gasteiger partial charge is 0.508 e. The molecule has 1 aromatic carbocycles. The zero-order chi connectivity index (χ0) is 11.1. The molecule has 0 saturated carbocycles. The average Bonchev–Trinajstić information content (AvgIpc) is 2.24. The van der Waals surface area contributed by atoms with Crippen LogP contribution in [0, 0.1) is 10.7 Å². The lowest BCUT2D eigenvalue weighted by atomic mass is 9.94. The van der Waals surface area contributed by atoms with Crippen molar-refractivity contribution in [1.82, 2.24) is 0 Å². The molecule has 1 atom stereocenters. The zero-order valence-corrected chi connectivity index (χ0v) is 9.63. The van der Waals surface area contributed by atoms with Gasteiger partial charge in [0.2, 0.25) is 0 Å². The van der Waals surface area contributed by atoms with Crippen LogP contribution in [0.4, 0.5) is 0 Å². The van der Waals surface area contributed by atoms with Crippen molar-refractivity contribution in [3.63, 3.8) is 0 Å². The van der Waals surface area contributed by atoms with Crippen molar-refractivity contribution in [1.29, 1.82) is 5.26 Å². The number of phenols is 1. The van der Waals surface area contributed by atoms with Gasteiger partial charge in [0, 0.05) is 5.75 Å². The Labute approximate surface area is 94.9 Å². The molecule has 0 saturated heterocycles. The second-order valence-electron chi connectivity index (χ2n) is 3.43. The monoisotopic (exact) mass is 221 g/mol. The van der Waals surface area contributed by atoms with Gasteiger partial charge in [-0.25, -0.2) is 0 Å². The fourth-order valence-corrected chi connectivity index (χ4v) is 2.13. The first-order valence-electron chi connectivity index (χ1n) is 5.07. The number of rotatable bonds is 5. The SMILES string of the molecule is CCC(CCSC#N)c1cccc(O)c1. The van der Waals surface area contributed by atoms with Gasteiger partial charge in [-0.2, -0.15) is 5.26 Å². The number of hydrogen-bond acceptors (Lipinski definition) is 3. The maximum absolute atomic E-state index is 9.37. The highest BCUT2D eigenvalue weighted by atomic mass is 32.2. The summed E-state index contributed by atoms with van der Waals surface area (Å²) in [6, 6.07) is 7.39. The fraction of sp³-hybridized carbons (Fsp3) is 0.417. The molecule has 1 unspecified atom stereocenters. The molecule has 0 aliphatic heterocycles. The molecule has 0 aliphatic carbocycles. The Balaban J connectivity index is 2.62. The predicted molar refractivity (Wildman–Crippen MR) is 63.8 cm³/mol. The molecular formula is C12H15NOS. The molecule has 15 heavy (non-hydrogen) atoms. The summed E-state index contributed by atoms with van der Waals surface area (Å²) in [7, 11) is 0. The number of aromatic hydroxyl groups is 1. The minimum absolute atomic E-state index is 0.318. The van der Waals surface area contributed by atoms with Crippen molar-refractivity contribution in [2.24, 2.45) is 0 Å². The number of phenolic OH excluding ortho intramolecular Hbond substituents is 1. The third kappa shape index (κ3) is 3.85. The number of thioether (sulfide) groups is 1. The third-order valence-electron chi connectivity index (χ3n) is 2.47. The van der Waals surface area contributed by atoms with Gasteiger partial charge in [0.1, 0.15) is 11.2 Å². The van der Waals surface area contributed by atoms with E-state index in [0.29, 0.717) is 11.7 Å². The molecule has 80 valence electrons. The summed E-state index contributed by atoms with van der Waals surface area (Å²) < 4.78 is 0. The summed E-state index contributed by atoms with van der Waals surface area (Å²) in [6.45, 7) is 2.13. The van der Waals surface area contributed by atoms with Gasteiger partial charge < -0.3 is 5.11 Å². The Hall–Kier alpha value is -1.14. The zero-order valence-electron chi connectivity index (χ0n) is 8.81. The molecule has 0 aromatic heterocycles. The summed E-state index contributed by atoms with van der Waals surface area (Å²) >= 11 is 1.29. The second-order valence-corrected chi connectivity index (χ2v) is 4.31. The number of thiocyanates is 1. The van der Waals surface area contributed by atoms with Gasteiger partial charge >= 0.3 is 0 Å². The van der Waals surface area contributed by atoms with E-state index in [-0.39, 0.29) is 0 Å². The van der Waals surface area contributed by atoms with Crippen LogP contribution in [0.25, 0.3) is 0 Å². The van der Waals surface area contributed by atoms with Crippen LogP contribution in [0.5, 0.6) is 5.75 Å². The van der Waals surface area contributed by atoms with Crippen LogP contribution < -0.4 is 0 Å². The lowest BCUT2D eigenvalue weighted by molar-refractivity contribution is 0.473. The van der Waals surface area contributed by atoms with Crippen LogP contribution in [-0.4, -0.2) is 10.9 Å². The molecule has 0 heterocycles. The Bertz CT molecular complexity index is 346. The van der Waals surface area contributed by atoms with Crippen LogP contribution in [0.3, 0.4) is 0 Å². The summed E-state index contributed by atoms with van der Waals surface area (Å²) in [5.41, 5.74) is 1.16. The first-order valence-corrected chi connectivity index (χ1v) is 6.06. The number of nitrogens with zero attached hydrogens (tertiary/aromatic N) is 1. The molecule has 0 aliphatic rings. The van der Waals surface area contributed by atoms with Gasteiger partial charge in [0.25, 0.3) is 0 Å². The molecule has 3 heteroatoms. The summed E-state index contributed by atoms with van der Waals surface area (Å²) in [4.78, 5) is 0. The highest BCUT2D eigenvalue weighted by Gasteiger charge is 2.09. The van der Waals surface area contributed by atoms with E-state index in [9.17, 15) is 5.11 Å². The van der Waals surface area contributed by atoms with Crippen LogP contribution in [-0.2, 0) is 0 Å². The minimum Gasteiger partial charge on any atom is -0.508 e. The Morgan fingerprint density at radius 3 is 2.93 bits per heavy atom. The first kappa shape index (κ1) is 11.9. The molecular weight excluding hydrogens is 206 g/mol. The van der Waals surface area contributed by atoms with E-state index in [4.69, 9.17) is 5.26 Å². The van der Waals surface area contributed by atoms with Crippen LogP contribution in [0.1, 0.15) is 31.2 Å². The van der Waals surface area contributed by atoms with E-state index in [1.165, 1.54) is 11.8 Å². The summed E-state index contributed by atoms with van der Waals surface area (Å²) in [5, 5.41) is 19.9.